The second kappa shape index (κ2) is 7.48. The van der Waals surface area contributed by atoms with Gasteiger partial charge in [-0.3, -0.25) is 9.20 Å². The van der Waals surface area contributed by atoms with Gasteiger partial charge in [-0.2, -0.15) is 0 Å². The molecule has 1 aliphatic rings. The van der Waals surface area contributed by atoms with Gasteiger partial charge in [0, 0.05) is 57.4 Å². The van der Waals surface area contributed by atoms with Gasteiger partial charge < -0.3 is 14.2 Å². The number of nitrogens with zero attached hydrogens (tertiary/aromatic N) is 6. The number of hydrogen-bond donors (Lipinski definition) is 0. The van der Waals surface area contributed by atoms with E-state index >= 15 is 0 Å². The number of likely N-dealkylation sites (tertiary alicyclic amines) is 1. The summed E-state index contributed by atoms with van der Waals surface area (Å²) in [7, 11) is 1.70. The normalized spacial score (nSPS) is 17.6. The summed E-state index contributed by atoms with van der Waals surface area (Å²) in [6.07, 6.45) is 9.33. The Morgan fingerprint density at radius 1 is 1.30 bits per heavy atom. The van der Waals surface area contributed by atoms with Gasteiger partial charge in [-0.05, 0) is 25.8 Å². The van der Waals surface area contributed by atoms with E-state index < -0.39 is 0 Å². The second-order valence-corrected chi connectivity index (χ2v) is 6.90. The zero-order chi connectivity index (χ0) is 18.8. The van der Waals surface area contributed by atoms with Crippen LogP contribution in [0.1, 0.15) is 40.8 Å². The molecule has 142 valence electrons. The van der Waals surface area contributed by atoms with Crippen LogP contribution in [0.25, 0.3) is 5.78 Å². The summed E-state index contributed by atoms with van der Waals surface area (Å²) >= 11 is 0. The van der Waals surface area contributed by atoms with Crippen molar-refractivity contribution in [3.8, 4) is 0 Å². The van der Waals surface area contributed by atoms with Crippen LogP contribution in [0.15, 0.2) is 30.9 Å². The lowest BCUT2D eigenvalue weighted by Crippen LogP contribution is -2.40. The van der Waals surface area contributed by atoms with Crippen LogP contribution >= 0.6 is 0 Å². The summed E-state index contributed by atoms with van der Waals surface area (Å²) in [6, 6.07) is 1.82. The molecule has 4 rings (SSSR count). The maximum atomic E-state index is 13.3. The standard InChI is InChI=1S/C19H24N6O2/c1-14-16(25-9-4-6-21-19(25)22-14)18(26)24-8-3-5-15(13-24)17-20-7-10-23(17)11-12-27-2/h4,6-7,9-10,15H,3,5,8,11-13H2,1-2H3. The molecule has 1 saturated heterocycles. The molecule has 0 aliphatic carbocycles. The Morgan fingerprint density at radius 2 is 2.19 bits per heavy atom. The number of hydrogen-bond acceptors (Lipinski definition) is 5. The average Bonchev–Trinajstić information content (AvgIpc) is 3.29. The van der Waals surface area contributed by atoms with Crippen molar-refractivity contribution < 1.29 is 9.53 Å². The lowest BCUT2D eigenvalue weighted by atomic mass is 9.96. The molecule has 1 fully saturated rings. The van der Waals surface area contributed by atoms with Gasteiger partial charge in [0.1, 0.15) is 11.5 Å². The molecule has 0 N–H and O–H groups in total. The molecule has 0 spiro atoms. The van der Waals surface area contributed by atoms with Crippen LogP contribution in [-0.2, 0) is 11.3 Å². The summed E-state index contributed by atoms with van der Waals surface area (Å²) in [4.78, 5) is 28.4. The van der Waals surface area contributed by atoms with Crippen LogP contribution in [0.4, 0.5) is 0 Å². The van der Waals surface area contributed by atoms with E-state index in [1.54, 1.807) is 17.7 Å². The van der Waals surface area contributed by atoms with Crippen molar-refractivity contribution >= 4 is 11.7 Å². The van der Waals surface area contributed by atoms with Crippen molar-refractivity contribution in [2.24, 2.45) is 0 Å². The highest BCUT2D eigenvalue weighted by Gasteiger charge is 2.30. The molecule has 0 aromatic carbocycles. The highest BCUT2D eigenvalue weighted by atomic mass is 16.5. The van der Waals surface area contributed by atoms with E-state index in [1.807, 2.05) is 36.5 Å². The summed E-state index contributed by atoms with van der Waals surface area (Å²) in [5.74, 6) is 1.82. The number of carbonyl (C=O) groups excluding carboxylic acids is 1. The molecule has 4 heterocycles. The van der Waals surface area contributed by atoms with Crippen molar-refractivity contribution in [2.75, 3.05) is 26.8 Å². The smallest absolute Gasteiger partial charge is 0.272 e. The van der Waals surface area contributed by atoms with Crippen molar-refractivity contribution in [3.63, 3.8) is 0 Å². The van der Waals surface area contributed by atoms with Crippen LogP contribution in [0.2, 0.25) is 0 Å². The fourth-order valence-corrected chi connectivity index (χ4v) is 3.84. The molecule has 3 aromatic rings. The maximum absolute atomic E-state index is 13.3. The first-order valence-electron chi connectivity index (χ1n) is 9.28. The number of methoxy groups -OCH3 is 1. The molecule has 8 heteroatoms. The number of piperidine rings is 1. The predicted octanol–water partition coefficient (Wildman–Crippen LogP) is 1.90. The number of imidazole rings is 2. The first-order valence-corrected chi connectivity index (χ1v) is 9.28. The molecule has 1 atom stereocenters. The topological polar surface area (TPSA) is 77.5 Å². The van der Waals surface area contributed by atoms with Crippen molar-refractivity contribution in [1.29, 1.82) is 0 Å². The lowest BCUT2D eigenvalue weighted by molar-refractivity contribution is 0.0694. The van der Waals surface area contributed by atoms with E-state index in [-0.39, 0.29) is 11.8 Å². The Hall–Kier alpha value is -2.74. The van der Waals surface area contributed by atoms with Crippen LogP contribution in [0.3, 0.4) is 0 Å². The highest BCUT2D eigenvalue weighted by molar-refractivity contribution is 5.94. The average molecular weight is 368 g/mol. The first kappa shape index (κ1) is 17.7. The van der Waals surface area contributed by atoms with Gasteiger partial charge in [-0.25, -0.2) is 15.0 Å². The van der Waals surface area contributed by atoms with E-state index in [9.17, 15) is 4.79 Å². The zero-order valence-electron chi connectivity index (χ0n) is 15.7. The monoisotopic (exact) mass is 368 g/mol. The van der Waals surface area contributed by atoms with Crippen LogP contribution in [-0.4, -0.2) is 61.5 Å². The minimum atomic E-state index is 0.00713. The third kappa shape index (κ3) is 3.32. The van der Waals surface area contributed by atoms with Crippen LogP contribution in [0.5, 0.6) is 0 Å². The third-order valence-corrected chi connectivity index (χ3v) is 5.14. The Bertz CT molecular complexity index is 947. The molecule has 8 nitrogen and oxygen atoms in total. The molecule has 1 aliphatic heterocycles. The minimum absolute atomic E-state index is 0.00713. The summed E-state index contributed by atoms with van der Waals surface area (Å²) in [5.41, 5.74) is 1.31. The maximum Gasteiger partial charge on any atom is 0.272 e. The van der Waals surface area contributed by atoms with Gasteiger partial charge in [0.25, 0.3) is 5.91 Å². The molecule has 27 heavy (non-hydrogen) atoms. The lowest BCUT2D eigenvalue weighted by Gasteiger charge is -2.32. The van der Waals surface area contributed by atoms with Gasteiger partial charge in [-0.1, -0.05) is 0 Å². The van der Waals surface area contributed by atoms with Crippen molar-refractivity contribution in [3.05, 3.63) is 48.1 Å². The molecule has 1 unspecified atom stereocenters. The Morgan fingerprint density at radius 3 is 3.04 bits per heavy atom. The molecule has 0 radical (unpaired) electrons. The number of aryl methyl sites for hydroxylation is 1. The Kier molecular flexibility index (Phi) is 4.89. The summed E-state index contributed by atoms with van der Waals surface area (Å²) in [5, 5.41) is 0. The molecule has 0 bridgehead atoms. The van der Waals surface area contributed by atoms with Crippen molar-refractivity contribution in [2.45, 2.75) is 32.2 Å². The van der Waals surface area contributed by atoms with Crippen LogP contribution in [0, 0.1) is 6.92 Å². The molecular formula is C19H24N6O2. The number of fused-ring (bicyclic) bond motifs is 1. The third-order valence-electron chi connectivity index (χ3n) is 5.14. The SMILES string of the molecule is COCCn1ccnc1C1CCCN(C(=O)c2c(C)nc3ncccn23)C1. The molecule has 1 amide bonds. The zero-order valence-corrected chi connectivity index (χ0v) is 15.7. The van der Waals surface area contributed by atoms with Gasteiger partial charge in [0.15, 0.2) is 0 Å². The van der Waals surface area contributed by atoms with E-state index in [0.29, 0.717) is 30.3 Å². The largest absolute Gasteiger partial charge is 0.383 e. The van der Waals surface area contributed by atoms with Crippen molar-refractivity contribution in [1.82, 2.24) is 28.8 Å². The highest BCUT2D eigenvalue weighted by Crippen LogP contribution is 2.27. The summed E-state index contributed by atoms with van der Waals surface area (Å²) < 4.78 is 9.10. The van der Waals surface area contributed by atoms with E-state index in [0.717, 1.165) is 31.8 Å². The quantitative estimate of drug-likeness (QED) is 0.687. The summed E-state index contributed by atoms with van der Waals surface area (Å²) in [6.45, 7) is 4.69. The fraction of sp³-hybridized carbons (Fsp3) is 0.474. The van der Waals surface area contributed by atoms with E-state index in [2.05, 4.69) is 19.5 Å². The number of ether oxygens (including phenoxy) is 1. The second-order valence-electron chi connectivity index (χ2n) is 6.90. The number of rotatable bonds is 5. The number of amides is 1. The van der Waals surface area contributed by atoms with Gasteiger partial charge in [0.2, 0.25) is 5.78 Å². The fourth-order valence-electron chi connectivity index (χ4n) is 3.84. The molecule has 0 saturated carbocycles. The van der Waals surface area contributed by atoms with E-state index in [4.69, 9.17) is 4.74 Å². The Labute approximate surface area is 157 Å². The minimum Gasteiger partial charge on any atom is -0.383 e. The number of aromatic nitrogens is 5. The predicted molar refractivity (Wildman–Crippen MR) is 99.7 cm³/mol. The first-order chi connectivity index (χ1) is 13.2. The van der Waals surface area contributed by atoms with E-state index in [1.165, 1.54) is 0 Å². The van der Waals surface area contributed by atoms with Crippen LogP contribution < -0.4 is 0 Å². The van der Waals surface area contributed by atoms with Gasteiger partial charge in [-0.15, -0.1) is 0 Å². The van der Waals surface area contributed by atoms with Gasteiger partial charge in [0.05, 0.1) is 12.3 Å². The molecule has 3 aromatic heterocycles. The molecular weight excluding hydrogens is 344 g/mol. The Balaban J connectivity index is 1.57. The van der Waals surface area contributed by atoms with Gasteiger partial charge >= 0.3 is 0 Å². The number of carbonyl (C=O) groups is 1.